The van der Waals surface area contributed by atoms with Crippen molar-refractivity contribution < 1.29 is 57.7 Å². The molecule has 212 valence electrons. The van der Waals surface area contributed by atoms with E-state index in [1.165, 1.54) is 87.0 Å². The molecule has 35 heavy (non-hydrogen) atoms. The third-order valence-electron chi connectivity index (χ3n) is 6.52. The van der Waals surface area contributed by atoms with E-state index in [2.05, 4.69) is 13.8 Å². The van der Waals surface area contributed by atoms with Gasteiger partial charge in [-0.15, -0.1) is 0 Å². The molecule has 0 saturated carbocycles. The molecule has 0 radical (unpaired) electrons. The van der Waals surface area contributed by atoms with Gasteiger partial charge in [0.25, 0.3) is 0 Å². The minimum Gasteiger partial charge on any atom is -0.418 e. The molecule has 0 aliphatic carbocycles. The maximum atomic E-state index is 9.75. The first-order valence-corrected chi connectivity index (χ1v) is 12.4. The van der Waals surface area contributed by atoms with Gasteiger partial charge in [0.05, 0.1) is 52.6 Å². The Hall–Kier alpha value is -0.630. The van der Waals surface area contributed by atoms with Crippen LogP contribution in [0.2, 0.25) is 0 Å². The van der Waals surface area contributed by atoms with Crippen LogP contribution in [0.4, 0.5) is 34.5 Å². The fourth-order valence-corrected chi connectivity index (χ4v) is 4.26. The van der Waals surface area contributed by atoms with Crippen LogP contribution in [0.3, 0.4) is 0 Å². The fourth-order valence-electron chi connectivity index (χ4n) is 4.26. The molecule has 2 rings (SSSR count). The summed E-state index contributed by atoms with van der Waals surface area (Å²) in [6, 6.07) is 0. The lowest BCUT2D eigenvalue weighted by atomic mass is 10.2. The predicted octanol–water partition coefficient (Wildman–Crippen LogP) is 4.90. The van der Waals surface area contributed by atoms with E-state index in [0.29, 0.717) is 0 Å². The van der Waals surface area contributed by atoms with Crippen LogP contribution in [0.5, 0.6) is 0 Å². The second kappa shape index (κ2) is 17.8. The lowest BCUT2D eigenvalue weighted by Crippen LogP contribution is -2.55. The topological polar surface area (TPSA) is 27.7 Å². The normalized spacial score (nSPS) is 19.7. The Bertz CT molecular complexity index is 464. The van der Waals surface area contributed by atoms with Gasteiger partial charge in [0, 0.05) is 13.2 Å². The SMILES string of the molecule is CC[N+]1(CCCCOCCCC[N+]2(CC)CCOCC2)CCOCC1.F[B-](F)(F)F.F[B-](F)(F)F. The molecule has 0 spiro atoms. The zero-order valence-corrected chi connectivity index (χ0v) is 21.0. The quantitative estimate of drug-likeness (QED) is 0.155. The number of morpholine rings is 2. The van der Waals surface area contributed by atoms with E-state index in [0.717, 1.165) is 39.6 Å². The maximum absolute atomic E-state index is 9.75. The molecule has 0 aromatic rings. The van der Waals surface area contributed by atoms with Gasteiger partial charge in [0.2, 0.25) is 0 Å². The van der Waals surface area contributed by atoms with Gasteiger partial charge < -0.3 is 57.7 Å². The van der Waals surface area contributed by atoms with E-state index in [1.54, 1.807) is 0 Å². The van der Waals surface area contributed by atoms with Gasteiger partial charge in [-0.05, 0) is 39.5 Å². The smallest absolute Gasteiger partial charge is 0.418 e. The zero-order valence-electron chi connectivity index (χ0n) is 21.0. The molecule has 2 saturated heterocycles. The Kier molecular flexibility index (Phi) is 17.4. The van der Waals surface area contributed by atoms with Gasteiger partial charge in [-0.2, -0.15) is 0 Å². The molecule has 2 aliphatic heterocycles. The van der Waals surface area contributed by atoms with Crippen molar-refractivity contribution in [2.24, 2.45) is 0 Å². The van der Waals surface area contributed by atoms with E-state index >= 15 is 0 Å². The van der Waals surface area contributed by atoms with Crippen LogP contribution in [-0.4, -0.2) is 115 Å². The Labute approximate surface area is 204 Å². The second-order valence-electron chi connectivity index (χ2n) is 8.90. The number of likely N-dealkylation sites (N-methyl/N-ethyl adjacent to an activating group) is 2. The van der Waals surface area contributed by atoms with Crippen molar-refractivity contribution in [2.75, 3.05) is 92.0 Å². The van der Waals surface area contributed by atoms with Gasteiger partial charge in [0.1, 0.15) is 26.2 Å². The number of hydrogen-bond donors (Lipinski definition) is 0. The Morgan fingerprint density at radius 2 is 0.857 bits per heavy atom. The first kappa shape index (κ1) is 34.4. The maximum Gasteiger partial charge on any atom is 0.673 e. The largest absolute Gasteiger partial charge is 0.673 e. The van der Waals surface area contributed by atoms with Crippen LogP contribution < -0.4 is 0 Å². The van der Waals surface area contributed by atoms with E-state index in [9.17, 15) is 34.5 Å². The minimum atomic E-state index is -6.00. The number of hydrogen-bond acceptors (Lipinski definition) is 3. The van der Waals surface area contributed by atoms with E-state index in [-0.39, 0.29) is 0 Å². The van der Waals surface area contributed by atoms with Gasteiger partial charge in [-0.25, -0.2) is 0 Å². The summed E-state index contributed by atoms with van der Waals surface area (Å²) in [7, 11) is -12.0. The highest BCUT2D eigenvalue weighted by Gasteiger charge is 2.28. The summed E-state index contributed by atoms with van der Waals surface area (Å²) >= 11 is 0. The average molecular weight is 532 g/mol. The molecular formula is C20H42B2F8N2O3. The van der Waals surface area contributed by atoms with Crippen molar-refractivity contribution in [3.05, 3.63) is 0 Å². The highest BCUT2D eigenvalue weighted by atomic mass is 19.5. The van der Waals surface area contributed by atoms with Crippen molar-refractivity contribution in [2.45, 2.75) is 39.5 Å². The molecule has 2 heterocycles. The Morgan fingerprint density at radius 3 is 1.11 bits per heavy atom. The first-order valence-electron chi connectivity index (χ1n) is 12.4. The minimum absolute atomic E-state index is 0.932. The summed E-state index contributed by atoms with van der Waals surface area (Å²) in [6.07, 6.45) is 4.97. The van der Waals surface area contributed by atoms with Gasteiger partial charge in [-0.3, -0.25) is 0 Å². The van der Waals surface area contributed by atoms with Crippen LogP contribution in [-0.2, 0) is 14.2 Å². The summed E-state index contributed by atoms with van der Waals surface area (Å²) in [5, 5.41) is 0. The highest BCUT2D eigenvalue weighted by Crippen LogP contribution is 2.14. The van der Waals surface area contributed by atoms with Gasteiger partial charge >= 0.3 is 14.5 Å². The molecule has 0 aromatic carbocycles. The molecule has 5 nitrogen and oxygen atoms in total. The van der Waals surface area contributed by atoms with Crippen LogP contribution >= 0.6 is 0 Å². The Morgan fingerprint density at radius 1 is 0.571 bits per heavy atom. The molecular weight excluding hydrogens is 490 g/mol. The van der Waals surface area contributed by atoms with Crippen molar-refractivity contribution in [1.82, 2.24) is 0 Å². The number of nitrogens with zero attached hydrogens (tertiary/aromatic N) is 2. The average Bonchev–Trinajstić information content (AvgIpc) is 2.77. The molecule has 0 aromatic heterocycles. The zero-order chi connectivity index (χ0) is 26.8. The third kappa shape index (κ3) is 21.2. The third-order valence-corrected chi connectivity index (χ3v) is 6.52. The summed E-state index contributed by atoms with van der Waals surface area (Å²) in [4.78, 5) is 0. The lowest BCUT2D eigenvalue weighted by molar-refractivity contribution is -0.933. The molecule has 2 aliphatic rings. The number of unbranched alkanes of at least 4 members (excludes halogenated alkanes) is 2. The molecule has 15 heteroatoms. The second-order valence-corrected chi connectivity index (χ2v) is 8.90. The van der Waals surface area contributed by atoms with Gasteiger partial charge in [0.15, 0.2) is 0 Å². The number of halogens is 8. The number of ether oxygens (including phenoxy) is 3. The van der Waals surface area contributed by atoms with Crippen molar-refractivity contribution in [1.29, 1.82) is 0 Å². The fraction of sp³-hybridized carbons (Fsp3) is 1.00. The van der Waals surface area contributed by atoms with Crippen LogP contribution in [0, 0.1) is 0 Å². The van der Waals surface area contributed by atoms with Gasteiger partial charge in [-0.1, -0.05) is 0 Å². The summed E-state index contributed by atoms with van der Waals surface area (Å²) in [5.41, 5.74) is 0. The number of quaternary nitrogens is 2. The molecule has 0 amide bonds. The van der Waals surface area contributed by atoms with E-state index < -0.39 is 14.5 Å². The number of rotatable bonds is 12. The van der Waals surface area contributed by atoms with Crippen LogP contribution in [0.15, 0.2) is 0 Å². The van der Waals surface area contributed by atoms with Crippen LogP contribution in [0.25, 0.3) is 0 Å². The van der Waals surface area contributed by atoms with E-state index in [4.69, 9.17) is 14.2 Å². The Balaban J connectivity index is 0.000000975. The van der Waals surface area contributed by atoms with E-state index in [1.807, 2.05) is 0 Å². The van der Waals surface area contributed by atoms with Crippen molar-refractivity contribution >= 4 is 14.5 Å². The summed E-state index contributed by atoms with van der Waals surface area (Å²) in [5.74, 6) is 0. The molecule has 0 unspecified atom stereocenters. The monoisotopic (exact) mass is 532 g/mol. The molecule has 2 fully saturated rings. The molecule has 0 N–H and O–H groups in total. The summed E-state index contributed by atoms with van der Waals surface area (Å²) < 4.78 is 97.4. The summed E-state index contributed by atoms with van der Waals surface area (Å²) in [6.45, 7) is 20.1. The first-order chi connectivity index (χ1) is 16.2. The molecule has 0 bridgehead atoms. The van der Waals surface area contributed by atoms with Crippen molar-refractivity contribution in [3.63, 3.8) is 0 Å². The highest BCUT2D eigenvalue weighted by molar-refractivity contribution is 6.50. The molecule has 0 atom stereocenters. The van der Waals surface area contributed by atoms with Crippen molar-refractivity contribution in [3.8, 4) is 0 Å². The standard InChI is InChI=1S/C20H42N2O3.2BF4/c1-3-21(11-17-24-18-12-21)9-5-7-15-23-16-8-6-10-22(4-2)13-19-25-20-14-22;2*2-1(3,4)5/h3-20H2,1-2H3;;/q+2;2*-1. The predicted molar refractivity (Wildman–Crippen MR) is 122 cm³/mol. The lowest BCUT2D eigenvalue weighted by Gasteiger charge is -2.40. The van der Waals surface area contributed by atoms with Crippen LogP contribution in [0.1, 0.15) is 39.5 Å².